The van der Waals surface area contributed by atoms with Crippen LogP contribution in [0.3, 0.4) is 0 Å². The van der Waals surface area contributed by atoms with E-state index in [1.807, 2.05) is 4.57 Å². The average Bonchev–Trinajstić information content (AvgIpc) is 2.68. The molecule has 0 saturated carbocycles. The number of rotatable bonds is 7. The van der Waals surface area contributed by atoms with Crippen LogP contribution in [0.1, 0.15) is 25.6 Å². The third-order valence-corrected chi connectivity index (χ3v) is 2.74. The van der Waals surface area contributed by atoms with Crippen molar-refractivity contribution in [3.63, 3.8) is 0 Å². The van der Waals surface area contributed by atoms with Crippen molar-refractivity contribution in [2.24, 2.45) is 0 Å². The predicted octanol–water partition coefficient (Wildman–Crippen LogP) is 0.669. The van der Waals surface area contributed by atoms with E-state index < -0.39 is 0 Å². The van der Waals surface area contributed by atoms with Crippen LogP contribution < -0.4 is 10.7 Å². The molecule has 0 saturated heterocycles. The van der Waals surface area contributed by atoms with E-state index in [0.29, 0.717) is 37.2 Å². The molecular formula is C15H19N3O2. The highest BCUT2D eigenvalue weighted by molar-refractivity contribution is 5.69. The lowest BCUT2D eigenvalue weighted by Gasteiger charge is -2.06. The first-order chi connectivity index (χ1) is 9.63. The van der Waals surface area contributed by atoms with E-state index in [0.717, 1.165) is 5.35 Å². The second kappa shape index (κ2) is 7.95. The van der Waals surface area contributed by atoms with Gasteiger partial charge in [0.05, 0.1) is 29.8 Å². The summed E-state index contributed by atoms with van der Waals surface area (Å²) in [5, 5.41) is 10.3. The van der Waals surface area contributed by atoms with Crippen molar-refractivity contribution in [1.82, 2.24) is 9.55 Å². The van der Waals surface area contributed by atoms with Crippen LogP contribution in [0.2, 0.25) is 0 Å². The van der Waals surface area contributed by atoms with Crippen molar-refractivity contribution in [2.75, 3.05) is 6.61 Å². The van der Waals surface area contributed by atoms with Crippen LogP contribution >= 0.6 is 0 Å². The summed E-state index contributed by atoms with van der Waals surface area (Å²) in [6.07, 6.45) is 4.65. The second-order valence-corrected chi connectivity index (χ2v) is 4.16. The van der Waals surface area contributed by atoms with Gasteiger partial charge in [-0.2, -0.15) is 5.26 Å². The van der Waals surface area contributed by atoms with E-state index in [9.17, 15) is 4.79 Å². The molecule has 20 heavy (non-hydrogen) atoms. The van der Waals surface area contributed by atoms with Crippen molar-refractivity contribution >= 4 is 18.6 Å². The van der Waals surface area contributed by atoms with Gasteiger partial charge >= 0.3 is 5.97 Å². The van der Waals surface area contributed by atoms with E-state index in [4.69, 9.17) is 10.00 Å². The Morgan fingerprint density at radius 2 is 2.35 bits per heavy atom. The van der Waals surface area contributed by atoms with Gasteiger partial charge in [0.15, 0.2) is 0 Å². The molecule has 0 N–H and O–H groups in total. The van der Waals surface area contributed by atoms with Gasteiger partial charge in [-0.05, 0) is 19.4 Å². The fourth-order valence-corrected chi connectivity index (χ4v) is 1.94. The lowest BCUT2D eigenvalue weighted by Crippen LogP contribution is -2.29. The summed E-state index contributed by atoms with van der Waals surface area (Å²) in [5.41, 5.74) is 0. The Hall–Kier alpha value is -2.35. The fraction of sp³-hybridized carbons (Fsp3) is 0.400. The molecule has 0 aliphatic heterocycles. The zero-order chi connectivity index (χ0) is 15.0. The first kappa shape index (κ1) is 15.7. The Kier molecular flexibility index (Phi) is 6.24. The molecule has 0 spiro atoms. The van der Waals surface area contributed by atoms with E-state index in [2.05, 4.69) is 24.2 Å². The number of carbonyl (C=O) groups is 1. The van der Waals surface area contributed by atoms with E-state index in [-0.39, 0.29) is 12.4 Å². The van der Waals surface area contributed by atoms with Crippen LogP contribution in [0.25, 0.3) is 12.7 Å². The molecule has 0 aliphatic carbocycles. The minimum absolute atomic E-state index is 0.210. The molecule has 0 aromatic carbocycles. The molecule has 0 bridgehead atoms. The quantitative estimate of drug-likeness (QED) is 0.685. The standard InChI is InChI=1S/C15H19N3O2/c1-4-7-13-12(3)17-14(9-10-16)18(13)11-6-8-15(19)20-5-2/h4,7H,1,3,5-6,8-9,11H2,2H3/b13-7+. The number of imidazole rings is 1. The smallest absolute Gasteiger partial charge is 0.305 e. The number of hydrogen-bond donors (Lipinski definition) is 0. The molecule has 0 aliphatic rings. The molecule has 1 aromatic rings. The summed E-state index contributed by atoms with van der Waals surface area (Å²) in [6.45, 7) is 10.3. The zero-order valence-corrected chi connectivity index (χ0v) is 11.8. The fourth-order valence-electron chi connectivity index (χ4n) is 1.94. The lowest BCUT2D eigenvalue weighted by atomic mass is 10.3. The van der Waals surface area contributed by atoms with Crippen LogP contribution in [0, 0.1) is 11.3 Å². The van der Waals surface area contributed by atoms with Crippen LogP contribution in [0.5, 0.6) is 0 Å². The number of aromatic nitrogens is 2. The highest BCUT2D eigenvalue weighted by Gasteiger charge is 2.08. The van der Waals surface area contributed by atoms with Gasteiger partial charge in [-0.15, -0.1) is 0 Å². The number of carbonyl (C=O) groups excluding carboxylic acids is 1. The number of hydrogen-bond acceptors (Lipinski definition) is 4. The van der Waals surface area contributed by atoms with Crippen LogP contribution in [0.4, 0.5) is 0 Å². The Morgan fingerprint density at radius 1 is 1.60 bits per heavy atom. The normalized spacial score (nSPS) is 11.1. The van der Waals surface area contributed by atoms with E-state index >= 15 is 0 Å². The maximum absolute atomic E-state index is 11.3. The molecule has 5 heteroatoms. The molecule has 0 fully saturated rings. The number of allylic oxidation sites excluding steroid dienone is 1. The van der Waals surface area contributed by atoms with Gasteiger partial charge in [0.25, 0.3) is 0 Å². The summed E-state index contributed by atoms with van der Waals surface area (Å²) in [4.78, 5) is 15.6. The van der Waals surface area contributed by atoms with Gasteiger partial charge < -0.3 is 9.30 Å². The topological polar surface area (TPSA) is 67.9 Å². The number of nitrogens with zero attached hydrogens (tertiary/aromatic N) is 3. The Bertz CT molecular complexity index is 623. The maximum Gasteiger partial charge on any atom is 0.305 e. The SMILES string of the molecule is C=C/C=c1\c(=C)nc(CC#N)n1CCCC(=O)OCC. The molecule has 1 aromatic heterocycles. The van der Waals surface area contributed by atoms with Gasteiger partial charge in [-0.3, -0.25) is 4.79 Å². The summed E-state index contributed by atoms with van der Waals surface area (Å²) in [6, 6.07) is 2.08. The minimum atomic E-state index is -0.210. The van der Waals surface area contributed by atoms with Gasteiger partial charge in [0.2, 0.25) is 0 Å². The van der Waals surface area contributed by atoms with Crippen molar-refractivity contribution in [3.05, 3.63) is 29.2 Å². The number of ether oxygens (including phenoxy) is 1. The molecule has 1 rings (SSSR count). The first-order valence-corrected chi connectivity index (χ1v) is 6.53. The molecule has 0 radical (unpaired) electrons. The number of esters is 1. The highest BCUT2D eigenvalue weighted by Crippen LogP contribution is 1.99. The third-order valence-electron chi connectivity index (χ3n) is 2.74. The molecule has 5 nitrogen and oxygen atoms in total. The average molecular weight is 273 g/mol. The van der Waals surface area contributed by atoms with Crippen molar-refractivity contribution in [2.45, 2.75) is 32.7 Å². The summed E-state index contributed by atoms with van der Waals surface area (Å²) in [5.74, 6) is 0.452. The van der Waals surface area contributed by atoms with Gasteiger partial charge in [0.1, 0.15) is 5.82 Å². The van der Waals surface area contributed by atoms with Crippen molar-refractivity contribution < 1.29 is 9.53 Å². The number of nitriles is 1. The Morgan fingerprint density at radius 3 is 2.95 bits per heavy atom. The van der Waals surface area contributed by atoms with Crippen LogP contribution in [0.15, 0.2) is 12.7 Å². The summed E-state index contributed by atoms with van der Waals surface area (Å²) >= 11 is 0. The maximum atomic E-state index is 11.3. The van der Waals surface area contributed by atoms with Crippen LogP contribution in [-0.4, -0.2) is 22.1 Å². The van der Waals surface area contributed by atoms with Gasteiger partial charge in [-0.1, -0.05) is 19.2 Å². The van der Waals surface area contributed by atoms with Crippen molar-refractivity contribution in [1.29, 1.82) is 5.26 Å². The highest BCUT2D eigenvalue weighted by atomic mass is 16.5. The van der Waals surface area contributed by atoms with Gasteiger partial charge in [0, 0.05) is 13.0 Å². The molecule has 0 unspecified atom stereocenters. The molecule has 0 amide bonds. The largest absolute Gasteiger partial charge is 0.466 e. The van der Waals surface area contributed by atoms with E-state index in [1.54, 1.807) is 19.1 Å². The van der Waals surface area contributed by atoms with Crippen LogP contribution in [-0.2, 0) is 22.5 Å². The van der Waals surface area contributed by atoms with E-state index in [1.165, 1.54) is 0 Å². The monoisotopic (exact) mass is 273 g/mol. The molecular weight excluding hydrogens is 254 g/mol. The minimum Gasteiger partial charge on any atom is -0.466 e. The third kappa shape index (κ3) is 4.09. The van der Waals surface area contributed by atoms with Crippen molar-refractivity contribution in [3.8, 4) is 6.07 Å². The van der Waals surface area contributed by atoms with Gasteiger partial charge in [-0.25, -0.2) is 4.98 Å². The summed E-state index contributed by atoms with van der Waals surface area (Å²) in [7, 11) is 0. The second-order valence-electron chi connectivity index (χ2n) is 4.16. The first-order valence-electron chi connectivity index (χ1n) is 6.53. The Labute approximate surface area is 118 Å². The molecule has 1 heterocycles. The predicted molar refractivity (Wildman–Crippen MR) is 76.8 cm³/mol. The lowest BCUT2D eigenvalue weighted by molar-refractivity contribution is -0.143. The Balaban J connectivity index is 2.90. The zero-order valence-electron chi connectivity index (χ0n) is 11.8. The molecule has 0 atom stereocenters. The summed E-state index contributed by atoms with van der Waals surface area (Å²) < 4.78 is 6.80. The molecule has 106 valence electrons.